The van der Waals surface area contributed by atoms with Crippen LogP contribution in [0.2, 0.25) is 0 Å². The van der Waals surface area contributed by atoms with Gasteiger partial charge >= 0.3 is 0 Å². The lowest BCUT2D eigenvalue weighted by atomic mass is 10.2. The van der Waals surface area contributed by atoms with Crippen LogP contribution in [-0.2, 0) is 4.79 Å². The molecule has 0 atom stereocenters. The summed E-state index contributed by atoms with van der Waals surface area (Å²) in [5, 5.41) is 2.94. The van der Waals surface area contributed by atoms with Gasteiger partial charge in [-0.2, -0.15) is 0 Å². The summed E-state index contributed by atoms with van der Waals surface area (Å²) < 4.78 is 18.3. The van der Waals surface area contributed by atoms with Crippen molar-refractivity contribution < 1.29 is 13.9 Å². The average Bonchev–Trinajstić information content (AvgIpc) is 2.80. The molecule has 18 heavy (non-hydrogen) atoms. The van der Waals surface area contributed by atoms with Gasteiger partial charge in [0.25, 0.3) is 5.91 Å². The van der Waals surface area contributed by atoms with Gasteiger partial charge in [0, 0.05) is 6.04 Å². The van der Waals surface area contributed by atoms with Crippen molar-refractivity contribution in [2.75, 3.05) is 6.61 Å². The van der Waals surface area contributed by atoms with Crippen LogP contribution in [0.3, 0.4) is 0 Å². The van der Waals surface area contributed by atoms with Gasteiger partial charge in [0.1, 0.15) is 11.6 Å². The predicted molar refractivity (Wildman–Crippen MR) is 67.0 cm³/mol. The van der Waals surface area contributed by atoms with Crippen LogP contribution < -0.4 is 10.1 Å². The molecule has 0 bridgehead atoms. The molecule has 1 aromatic rings. The monoisotopic (exact) mass is 251 g/mol. The number of amides is 1. The Kier molecular flexibility index (Phi) is 4.18. The Morgan fingerprint density at radius 3 is 2.83 bits per heavy atom. The first-order valence-electron chi connectivity index (χ1n) is 6.33. The summed E-state index contributed by atoms with van der Waals surface area (Å²) in [5.41, 5.74) is 0.698. The molecule has 1 aromatic carbocycles. The summed E-state index contributed by atoms with van der Waals surface area (Å²) in [5.74, 6) is 0.152. The summed E-state index contributed by atoms with van der Waals surface area (Å²) in [6, 6.07) is 4.57. The van der Waals surface area contributed by atoms with E-state index < -0.39 is 0 Å². The SMILES string of the molecule is Cc1cc(F)ccc1OCC(=O)NC1CCCC1. The summed E-state index contributed by atoms with van der Waals surface area (Å²) in [4.78, 5) is 11.6. The molecule has 2 rings (SSSR count). The lowest BCUT2D eigenvalue weighted by molar-refractivity contribution is -0.123. The lowest BCUT2D eigenvalue weighted by Crippen LogP contribution is -2.36. The summed E-state index contributed by atoms with van der Waals surface area (Å²) >= 11 is 0. The van der Waals surface area contributed by atoms with Gasteiger partial charge in [0.05, 0.1) is 0 Å². The fourth-order valence-corrected chi connectivity index (χ4v) is 2.26. The maximum absolute atomic E-state index is 12.9. The first kappa shape index (κ1) is 12.9. The Bertz CT molecular complexity index is 428. The van der Waals surface area contributed by atoms with Gasteiger partial charge in [-0.1, -0.05) is 12.8 Å². The Labute approximate surface area is 106 Å². The highest BCUT2D eigenvalue weighted by atomic mass is 19.1. The number of rotatable bonds is 4. The van der Waals surface area contributed by atoms with Crippen molar-refractivity contribution in [2.24, 2.45) is 0 Å². The number of ether oxygens (including phenoxy) is 1. The molecule has 0 radical (unpaired) electrons. The van der Waals surface area contributed by atoms with Crippen LogP contribution in [-0.4, -0.2) is 18.6 Å². The zero-order valence-corrected chi connectivity index (χ0v) is 10.5. The van der Waals surface area contributed by atoms with Crippen molar-refractivity contribution >= 4 is 5.91 Å². The van der Waals surface area contributed by atoms with Crippen molar-refractivity contribution in [2.45, 2.75) is 38.6 Å². The van der Waals surface area contributed by atoms with E-state index >= 15 is 0 Å². The van der Waals surface area contributed by atoms with E-state index in [2.05, 4.69) is 5.32 Å². The number of hydrogen-bond donors (Lipinski definition) is 1. The highest BCUT2D eigenvalue weighted by Gasteiger charge is 2.17. The Morgan fingerprint density at radius 1 is 1.44 bits per heavy atom. The molecule has 1 aliphatic carbocycles. The molecule has 98 valence electrons. The van der Waals surface area contributed by atoms with E-state index in [-0.39, 0.29) is 18.3 Å². The van der Waals surface area contributed by atoms with E-state index in [9.17, 15) is 9.18 Å². The summed E-state index contributed by atoms with van der Waals surface area (Å²) in [7, 11) is 0. The van der Waals surface area contributed by atoms with Gasteiger partial charge < -0.3 is 10.1 Å². The van der Waals surface area contributed by atoms with E-state index in [0.29, 0.717) is 17.4 Å². The first-order valence-corrected chi connectivity index (χ1v) is 6.33. The van der Waals surface area contributed by atoms with Crippen molar-refractivity contribution in [1.82, 2.24) is 5.32 Å². The van der Waals surface area contributed by atoms with Crippen molar-refractivity contribution in [3.8, 4) is 5.75 Å². The van der Waals surface area contributed by atoms with Gasteiger partial charge in [-0.05, 0) is 43.5 Å². The van der Waals surface area contributed by atoms with E-state index in [1.807, 2.05) is 0 Å². The normalized spacial score (nSPS) is 15.7. The van der Waals surface area contributed by atoms with E-state index in [1.54, 1.807) is 13.0 Å². The molecule has 1 amide bonds. The number of aryl methyl sites for hydroxylation is 1. The largest absolute Gasteiger partial charge is 0.484 e. The molecular formula is C14H18FNO2. The maximum atomic E-state index is 12.9. The second-order valence-corrected chi connectivity index (χ2v) is 4.75. The van der Waals surface area contributed by atoms with Crippen LogP contribution >= 0.6 is 0 Å². The van der Waals surface area contributed by atoms with E-state index in [1.165, 1.54) is 25.0 Å². The fourth-order valence-electron chi connectivity index (χ4n) is 2.26. The fraction of sp³-hybridized carbons (Fsp3) is 0.500. The molecule has 4 heteroatoms. The molecule has 1 N–H and O–H groups in total. The van der Waals surface area contributed by atoms with Crippen molar-refractivity contribution in [3.63, 3.8) is 0 Å². The minimum atomic E-state index is -0.296. The van der Waals surface area contributed by atoms with Crippen LogP contribution in [0.25, 0.3) is 0 Å². The zero-order valence-electron chi connectivity index (χ0n) is 10.5. The third kappa shape index (κ3) is 3.45. The van der Waals surface area contributed by atoms with Crippen LogP contribution in [0, 0.1) is 12.7 Å². The van der Waals surface area contributed by atoms with Crippen LogP contribution in [0.4, 0.5) is 4.39 Å². The third-order valence-corrected chi connectivity index (χ3v) is 3.22. The van der Waals surface area contributed by atoms with Gasteiger partial charge in [0.15, 0.2) is 6.61 Å². The van der Waals surface area contributed by atoms with Gasteiger partial charge in [-0.25, -0.2) is 4.39 Å². The number of carbonyl (C=O) groups is 1. The van der Waals surface area contributed by atoms with Crippen LogP contribution in [0.1, 0.15) is 31.2 Å². The molecule has 0 saturated heterocycles. The van der Waals surface area contributed by atoms with Gasteiger partial charge in [0.2, 0.25) is 0 Å². The van der Waals surface area contributed by atoms with Crippen molar-refractivity contribution in [3.05, 3.63) is 29.6 Å². The molecule has 0 aromatic heterocycles. The second-order valence-electron chi connectivity index (χ2n) is 4.75. The van der Waals surface area contributed by atoms with Gasteiger partial charge in [-0.15, -0.1) is 0 Å². The predicted octanol–water partition coefficient (Wildman–Crippen LogP) is 2.57. The molecular weight excluding hydrogens is 233 g/mol. The zero-order chi connectivity index (χ0) is 13.0. The Balaban J connectivity index is 1.81. The number of hydrogen-bond acceptors (Lipinski definition) is 2. The van der Waals surface area contributed by atoms with Crippen molar-refractivity contribution in [1.29, 1.82) is 0 Å². The van der Waals surface area contributed by atoms with E-state index in [0.717, 1.165) is 12.8 Å². The quantitative estimate of drug-likeness (QED) is 0.893. The van der Waals surface area contributed by atoms with Crippen LogP contribution in [0.5, 0.6) is 5.75 Å². The molecule has 1 fully saturated rings. The smallest absolute Gasteiger partial charge is 0.258 e. The number of halogens is 1. The molecule has 0 heterocycles. The Morgan fingerprint density at radius 2 is 2.17 bits per heavy atom. The lowest BCUT2D eigenvalue weighted by Gasteiger charge is -2.13. The first-order chi connectivity index (χ1) is 8.65. The molecule has 1 aliphatic rings. The number of benzene rings is 1. The minimum absolute atomic E-state index is 0.0109. The summed E-state index contributed by atoms with van der Waals surface area (Å²) in [6.45, 7) is 1.75. The third-order valence-electron chi connectivity index (χ3n) is 3.22. The molecule has 3 nitrogen and oxygen atoms in total. The summed E-state index contributed by atoms with van der Waals surface area (Å²) in [6.07, 6.45) is 4.48. The highest BCUT2D eigenvalue weighted by molar-refractivity contribution is 5.77. The number of nitrogens with one attached hydrogen (secondary N) is 1. The molecule has 1 saturated carbocycles. The Hall–Kier alpha value is -1.58. The second kappa shape index (κ2) is 5.85. The highest BCUT2D eigenvalue weighted by Crippen LogP contribution is 2.19. The molecule has 0 spiro atoms. The standard InChI is InChI=1S/C14H18FNO2/c1-10-8-11(15)6-7-13(10)18-9-14(17)16-12-4-2-3-5-12/h6-8,12H,2-5,9H2,1H3,(H,16,17). The minimum Gasteiger partial charge on any atom is -0.484 e. The van der Waals surface area contributed by atoms with E-state index in [4.69, 9.17) is 4.74 Å². The molecule has 0 unspecified atom stereocenters. The average molecular weight is 251 g/mol. The number of carbonyl (C=O) groups excluding carboxylic acids is 1. The maximum Gasteiger partial charge on any atom is 0.258 e. The topological polar surface area (TPSA) is 38.3 Å². The molecule has 0 aliphatic heterocycles. The van der Waals surface area contributed by atoms with Crippen LogP contribution in [0.15, 0.2) is 18.2 Å². The van der Waals surface area contributed by atoms with Gasteiger partial charge in [-0.3, -0.25) is 4.79 Å².